The highest BCUT2D eigenvalue weighted by Gasteiger charge is 2.28. The minimum absolute atomic E-state index is 0.110. The first kappa shape index (κ1) is 22.3. The van der Waals surface area contributed by atoms with Gasteiger partial charge >= 0.3 is 0 Å². The molecule has 1 aliphatic rings. The molecular formula is C22H29N3O4S. The number of nitrogens with zero attached hydrogens (tertiary/aromatic N) is 2. The number of piperazine rings is 1. The van der Waals surface area contributed by atoms with E-state index in [0.29, 0.717) is 25.4 Å². The van der Waals surface area contributed by atoms with Crippen LogP contribution < -0.4 is 9.46 Å². The predicted octanol–water partition coefficient (Wildman–Crippen LogP) is 2.10. The summed E-state index contributed by atoms with van der Waals surface area (Å²) < 4.78 is 33.1. The van der Waals surface area contributed by atoms with Crippen molar-refractivity contribution in [1.29, 1.82) is 0 Å². The quantitative estimate of drug-likeness (QED) is 0.693. The number of sulfonamides is 1. The zero-order valence-corrected chi connectivity index (χ0v) is 18.3. The van der Waals surface area contributed by atoms with Crippen molar-refractivity contribution in [2.24, 2.45) is 0 Å². The van der Waals surface area contributed by atoms with Crippen LogP contribution in [0.3, 0.4) is 0 Å². The summed E-state index contributed by atoms with van der Waals surface area (Å²) in [7, 11) is -3.79. The molecule has 0 bridgehead atoms. The van der Waals surface area contributed by atoms with Crippen molar-refractivity contribution in [2.75, 3.05) is 32.8 Å². The Morgan fingerprint density at radius 3 is 2.27 bits per heavy atom. The van der Waals surface area contributed by atoms with Gasteiger partial charge in [-0.05, 0) is 43.7 Å². The highest BCUT2D eigenvalue weighted by atomic mass is 32.2. The lowest BCUT2D eigenvalue weighted by Gasteiger charge is -2.36. The summed E-state index contributed by atoms with van der Waals surface area (Å²) in [6.45, 7) is 7.50. The van der Waals surface area contributed by atoms with Crippen molar-refractivity contribution in [3.8, 4) is 5.75 Å². The van der Waals surface area contributed by atoms with Crippen LogP contribution in [0.25, 0.3) is 0 Å². The predicted molar refractivity (Wildman–Crippen MR) is 116 cm³/mol. The molecule has 30 heavy (non-hydrogen) atoms. The third-order valence-electron chi connectivity index (χ3n) is 5.08. The van der Waals surface area contributed by atoms with Crippen LogP contribution in [0.15, 0.2) is 59.5 Å². The Morgan fingerprint density at radius 1 is 1.03 bits per heavy atom. The number of carbonyl (C=O) groups is 1. The van der Waals surface area contributed by atoms with Gasteiger partial charge in [0.25, 0.3) is 0 Å². The van der Waals surface area contributed by atoms with Crippen molar-refractivity contribution in [1.82, 2.24) is 14.5 Å². The van der Waals surface area contributed by atoms with Gasteiger partial charge in [0.1, 0.15) is 5.75 Å². The Morgan fingerprint density at radius 2 is 1.67 bits per heavy atom. The fraction of sp³-hybridized carbons (Fsp3) is 0.409. The molecule has 1 heterocycles. The number of rotatable bonds is 8. The SMILES string of the molecule is CCOc1ccc(S(=O)(=O)N[C@@H](C)C(=O)N2CCN(Cc3ccccc3)CC2)cc1. The minimum atomic E-state index is -3.79. The average Bonchev–Trinajstić information content (AvgIpc) is 2.75. The van der Waals surface area contributed by atoms with E-state index in [1.54, 1.807) is 24.0 Å². The molecule has 1 N–H and O–H groups in total. The lowest BCUT2D eigenvalue weighted by atomic mass is 10.2. The van der Waals surface area contributed by atoms with E-state index in [1.165, 1.54) is 17.7 Å². The van der Waals surface area contributed by atoms with Crippen LogP contribution in [0.4, 0.5) is 0 Å². The summed E-state index contributed by atoms with van der Waals surface area (Å²) >= 11 is 0. The third-order valence-corrected chi connectivity index (χ3v) is 6.64. The van der Waals surface area contributed by atoms with E-state index in [-0.39, 0.29) is 10.8 Å². The number of nitrogens with one attached hydrogen (secondary N) is 1. The molecule has 1 aliphatic heterocycles. The first-order valence-corrected chi connectivity index (χ1v) is 11.7. The van der Waals surface area contributed by atoms with Crippen molar-refractivity contribution >= 4 is 15.9 Å². The second-order valence-electron chi connectivity index (χ2n) is 7.33. The van der Waals surface area contributed by atoms with E-state index >= 15 is 0 Å². The Hall–Kier alpha value is -2.42. The topological polar surface area (TPSA) is 78.9 Å². The van der Waals surface area contributed by atoms with E-state index in [2.05, 4.69) is 21.8 Å². The second kappa shape index (κ2) is 10.1. The van der Waals surface area contributed by atoms with Crippen molar-refractivity contribution < 1.29 is 17.9 Å². The summed E-state index contributed by atoms with van der Waals surface area (Å²) in [5.41, 5.74) is 1.24. The van der Waals surface area contributed by atoms with Crippen LogP contribution in [-0.4, -0.2) is 63.0 Å². The molecule has 0 unspecified atom stereocenters. The van der Waals surface area contributed by atoms with Crippen LogP contribution in [0.5, 0.6) is 5.75 Å². The molecule has 162 valence electrons. The Balaban J connectivity index is 1.53. The fourth-order valence-corrected chi connectivity index (χ4v) is 4.67. The minimum Gasteiger partial charge on any atom is -0.494 e. The standard InChI is InChI=1S/C22H29N3O4S/c1-3-29-20-9-11-21(12-10-20)30(27,28)23-18(2)22(26)25-15-13-24(14-16-25)17-19-7-5-4-6-8-19/h4-12,18,23H,3,13-17H2,1-2H3/t18-/m0/s1. The molecule has 0 radical (unpaired) electrons. The first-order chi connectivity index (χ1) is 14.4. The summed E-state index contributed by atoms with van der Waals surface area (Å²) in [5.74, 6) is 0.401. The maximum atomic E-state index is 12.8. The molecule has 1 fully saturated rings. The van der Waals surface area contributed by atoms with Gasteiger partial charge in [-0.15, -0.1) is 0 Å². The van der Waals surface area contributed by atoms with Gasteiger partial charge < -0.3 is 9.64 Å². The Labute approximate surface area is 178 Å². The van der Waals surface area contributed by atoms with Crippen LogP contribution in [0.1, 0.15) is 19.4 Å². The molecule has 1 amide bonds. The maximum absolute atomic E-state index is 12.8. The highest BCUT2D eigenvalue weighted by molar-refractivity contribution is 7.89. The van der Waals surface area contributed by atoms with Gasteiger partial charge in [-0.25, -0.2) is 8.42 Å². The lowest BCUT2D eigenvalue weighted by Crippen LogP contribution is -2.53. The summed E-state index contributed by atoms with van der Waals surface area (Å²) in [5, 5.41) is 0. The van der Waals surface area contributed by atoms with Crippen LogP contribution in [-0.2, 0) is 21.4 Å². The average molecular weight is 432 g/mol. The Kier molecular flexibility index (Phi) is 7.47. The summed E-state index contributed by atoms with van der Waals surface area (Å²) in [6.07, 6.45) is 0. The number of benzene rings is 2. The third kappa shape index (κ3) is 5.81. The maximum Gasteiger partial charge on any atom is 0.241 e. The number of carbonyl (C=O) groups excluding carboxylic acids is 1. The van der Waals surface area contributed by atoms with E-state index in [0.717, 1.165) is 19.6 Å². The van der Waals surface area contributed by atoms with Crippen LogP contribution in [0, 0.1) is 0 Å². The van der Waals surface area contributed by atoms with Gasteiger partial charge in [0, 0.05) is 32.7 Å². The van der Waals surface area contributed by atoms with Gasteiger partial charge in [-0.1, -0.05) is 30.3 Å². The van der Waals surface area contributed by atoms with E-state index < -0.39 is 16.1 Å². The van der Waals surface area contributed by atoms with E-state index in [4.69, 9.17) is 4.74 Å². The largest absolute Gasteiger partial charge is 0.494 e. The van der Waals surface area contributed by atoms with Gasteiger partial charge in [-0.2, -0.15) is 4.72 Å². The zero-order valence-electron chi connectivity index (χ0n) is 17.5. The summed E-state index contributed by atoms with van der Waals surface area (Å²) in [4.78, 5) is 16.9. The van der Waals surface area contributed by atoms with Crippen LogP contribution in [0.2, 0.25) is 0 Å². The van der Waals surface area contributed by atoms with Crippen molar-refractivity contribution in [2.45, 2.75) is 31.3 Å². The van der Waals surface area contributed by atoms with Gasteiger partial charge in [0.15, 0.2) is 0 Å². The van der Waals surface area contributed by atoms with Gasteiger partial charge in [0.05, 0.1) is 17.5 Å². The van der Waals surface area contributed by atoms with Crippen molar-refractivity contribution in [3.05, 3.63) is 60.2 Å². The molecule has 7 nitrogen and oxygen atoms in total. The van der Waals surface area contributed by atoms with Gasteiger partial charge in [-0.3, -0.25) is 9.69 Å². The highest BCUT2D eigenvalue weighted by Crippen LogP contribution is 2.17. The van der Waals surface area contributed by atoms with Gasteiger partial charge in [0.2, 0.25) is 15.9 Å². The molecule has 1 saturated heterocycles. The van der Waals surface area contributed by atoms with Crippen LogP contribution >= 0.6 is 0 Å². The molecule has 2 aromatic carbocycles. The number of amides is 1. The molecule has 0 saturated carbocycles. The van der Waals surface area contributed by atoms with Crippen molar-refractivity contribution in [3.63, 3.8) is 0 Å². The fourth-order valence-electron chi connectivity index (χ4n) is 3.47. The van der Waals surface area contributed by atoms with E-state index in [1.807, 2.05) is 25.1 Å². The smallest absolute Gasteiger partial charge is 0.241 e. The Bertz CT molecular complexity index is 925. The molecule has 0 spiro atoms. The number of ether oxygens (including phenoxy) is 1. The molecule has 0 aromatic heterocycles. The first-order valence-electron chi connectivity index (χ1n) is 10.2. The number of hydrogen-bond donors (Lipinski definition) is 1. The molecule has 1 atom stereocenters. The second-order valence-corrected chi connectivity index (χ2v) is 9.05. The number of hydrogen-bond acceptors (Lipinski definition) is 5. The van der Waals surface area contributed by atoms with E-state index in [9.17, 15) is 13.2 Å². The molecule has 3 rings (SSSR count). The molecule has 2 aromatic rings. The summed E-state index contributed by atoms with van der Waals surface area (Å²) in [6, 6.07) is 15.6. The zero-order chi connectivity index (χ0) is 21.6. The lowest BCUT2D eigenvalue weighted by molar-refractivity contribution is -0.134. The molecular weight excluding hydrogens is 402 g/mol. The molecule has 0 aliphatic carbocycles. The molecule has 8 heteroatoms. The monoisotopic (exact) mass is 431 g/mol. The normalized spacial score (nSPS) is 16.3.